The Bertz CT molecular complexity index is 694. The molecule has 1 aromatic carbocycles. The fourth-order valence-corrected chi connectivity index (χ4v) is 1.80. The highest BCUT2D eigenvalue weighted by Crippen LogP contribution is 2.14. The molecule has 116 valence electrons. The van der Waals surface area contributed by atoms with Gasteiger partial charge in [0, 0.05) is 11.3 Å². The number of aliphatic hydroxyl groups is 1. The summed E-state index contributed by atoms with van der Waals surface area (Å²) in [6.07, 6.45) is 2.06. The van der Waals surface area contributed by atoms with E-state index in [-0.39, 0.29) is 6.54 Å². The largest absolute Gasteiger partial charge is 0.378 e. The molecule has 0 radical (unpaired) electrons. The quantitative estimate of drug-likeness (QED) is 0.747. The van der Waals surface area contributed by atoms with Gasteiger partial charge in [0.2, 0.25) is 5.91 Å². The average molecular weight is 306 g/mol. The van der Waals surface area contributed by atoms with Crippen molar-refractivity contribution in [2.24, 2.45) is 5.73 Å². The Hall–Kier alpha value is -2.74. The number of rotatable bonds is 5. The molecule has 4 N–H and O–H groups in total. The maximum atomic E-state index is 12.9. The Morgan fingerprint density at radius 1 is 1.41 bits per heavy atom. The second kappa shape index (κ2) is 5.94. The first-order chi connectivity index (χ1) is 10.3. The molecule has 1 aromatic heterocycles. The number of aromatic nitrogens is 2. The summed E-state index contributed by atoms with van der Waals surface area (Å²) in [7, 11) is 0. The van der Waals surface area contributed by atoms with Gasteiger partial charge in [-0.15, -0.1) is 0 Å². The Morgan fingerprint density at radius 2 is 2.05 bits per heavy atom. The maximum Gasteiger partial charge on any atom is 0.257 e. The number of halogens is 1. The van der Waals surface area contributed by atoms with Gasteiger partial charge in [-0.1, -0.05) is 0 Å². The van der Waals surface area contributed by atoms with Crippen molar-refractivity contribution in [1.29, 1.82) is 0 Å². The van der Waals surface area contributed by atoms with Crippen LogP contribution in [0.25, 0.3) is 0 Å². The van der Waals surface area contributed by atoms with Crippen LogP contribution in [0.4, 0.5) is 10.1 Å². The smallest absolute Gasteiger partial charge is 0.257 e. The second-order valence-corrected chi connectivity index (χ2v) is 5.03. The summed E-state index contributed by atoms with van der Waals surface area (Å²) in [5.41, 5.74) is 4.02. The SMILES string of the molecule is CC(O)(Cn1cc(F)cn1)C(=O)Nc1ccc(C(N)=O)cc1. The zero-order chi connectivity index (χ0) is 16.3. The minimum atomic E-state index is -1.79. The fourth-order valence-electron chi connectivity index (χ4n) is 1.80. The van der Waals surface area contributed by atoms with E-state index >= 15 is 0 Å². The lowest BCUT2D eigenvalue weighted by Gasteiger charge is -2.22. The molecule has 1 atom stereocenters. The number of anilines is 1. The first-order valence-corrected chi connectivity index (χ1v) is 6.39. The number of amides is 2. The summed E-state index contributed by atoms with van der Waals surface area (Å²) in [6.45, 7) is 1.09. The van der Waals surface area contributed by atoms with Crippen LogP contribution in [0.1, 0.15) is 17.3 Å². The van der Waals surface area contributed by atoms with Crippen LogP contribution in [0, 0.1) is 5.82 Å². The van der Waals surface area contributed by atoms with Crippen molar-refractivity contribution in [3.63, 3.8) is 0 Å². The van der Waals surface area contributed by atoms with Crippen LogP contribution in [0.2, 0.25) is 0 Å². The number of hydrogen-bond acceptors (Lipinski definition) is 4. The number of nitrogens with zero attached hydrogens (tertiary/aromatic N) is 2. The summed E-state index contributed by atoms with van der Waals surface area (Å²) in [6, 6.07) is 5.88. The predicted octanol–water partition coefficient (Wildman–Crippen LogP) is 0.511. The van der Waals surface area contributed by atoms with Gasteiger partial charge in [0.05, 0.1) is 18.9 Å². The van der Waals surface area contributed by atoms with E-state index in [1.54, 1.807) is 0 Å². The predicted molar refractivity (Wildman–Crippen MR) is 76.4 cm³/mol. The number of carbonyl (C=O) groups is 2. The van der Waals surface area contributed by atoms with Crippen LogP contribution >= 0.6 is 0 Å². The average Bonchev–Trinajstić information content (AvgIpc) is 2.83. The van der Waals surface area contributed by atoms with Crippen molar-refractivity contribution in [3.8, 4) is 0 Å². The number of nitrogens with two attached hydrogens (primary N) is 1. The zero-order valence-corrected chi connectivity index (χ0v) is 11.8. The standard InChI is InChI=1S/C14H15FN4O3/c1-14(22,8-19-7-10(15)6-17-19)13(21)18-11-4-2-9(3-5-11)12(16)20/h2-7,22H,8H2,1H3,(H2,16,20)(H,18,21). The number of nitrogens with one attached hydrogen (secondary N) is 1. The van der Waals surface area contributed by atoms with Crippen molar-refractivity contribution in [2.45, 2.75) is 19.1 Å². The molecular weight excluding hydrogens is 291 g/mol. The summed E-state index contributed by atoms with van der Waals surface area (Å²) in [4.78, 5) is 23.0. The van der Waals surface area contributed by atoms with E-state index in [0.717, 1.165) is 17.1 Å². The maximum absolute atomic E-state index is 12.9. The molecule has 1 unspecified atom stereocenters. The highest BCUT2D eigenvalue weighted by atomic mass is 19.1. The number of carbonyl (C=O) groups excluding carboxylic acids is 2. The van der Waals surface area contributed by atoms with Crippen molar-refractivity contribution >= 4 is 17.5 Å². The van der Waals surface area contributed by atoms with Gasteiger partial charge in [-0.2, -0.15) is 5.10 Å². The molecule has 2 rings (SSSR count). The Morgan fingerprint density at radius 3 is 2.55 bits per heavy atom. The molecule has 0 fully saturated rings. The van der Waals surface area contributed by atoms with Crippen LogP contribution in [-0.2, 0) is 11.3 Å². The van der Waals surface area contributed by atoms with Crippen molar-refractivity contribution in [3.05, 3.63) is 48.0 Å². The summed E-state index contributed by atoms with van der Waals surface area (Å²) >= 11 is 0. The van der Waals surface area contributed by atoms with Crippen LogP contribution in [0.3, 0.4) is 0 Å². The van der Waals surface area contributed by atoms with Gasteiger partial charge >= 0.3 is 0 Å². The van der Waals surface area contributed by atoms with E-state index in [2.05, 4.69) is 10.4 Å². The fraction of sp³-hybridized carbons (Fsp3) is 0.214. The van der Waals surface area contributed by atoms with Crippen LogP contribution in [0.5, 0.6) is 0 Å². The normalized spacial score (nSPS) is 13.4. The van der Waals surface area contributed by atoms with E-state index in [4.69, 9.17) is 5.73 Å². The van der Waals surface area contributed by atoms with Gasteiger partial charge in [-0.05, 0) is 31.2 Å². The molecular formula is C14H15FN4O3. The molecule has 7 nitrogen and oxygen atoms in total. The summed E-state index contributed by atoms with van der Waals surface area (Å²) in [5.74, 6) is -1.82. The molecule has 8 heteroatoms. The Kier molecular flexibility index (Phi) is 4.22. The zero-order valence-electron chi connectivity index (χ0n) is 11.8. The summed E-state index contributed by atoms with van der Waals surface area (Å²) in [5, 5.41) is 16.4. The van der Waals surface area contributed by atoms with Crippen LogP contribution in [0.15, 0.2) is 36.7 Å². The van der Waals surface area contributed by atoms with Gasteiger partial charge in [0.1, 0.15) is 0 Å². The molecule has 2 amide bonds. The van der Waals surface area contributed by atoms with Gasteiger partial charge in [0.25, 0.3) is 5.91 Å². The van der Waals surface area contributed by atoms with E-state index < -0.39 is 23.2 Å². The Balaban J connectivity index is 2.05. The van der Waals surface area contributed by atoms with Crippen LogP contribution in [-0.4, -0.2) is 32.3 Å². The first kappa shape index (κ1) is 15.6. The Labute approximate surface area is 125 Å². The lowest BCUT2D eigenvalue weighted by molar-refractivity contribution is -0.133. The monoisotopic (exact) mass is 306 g/mol. The number of benzene rings is 1. The number of primary amides is 1. The lowest BCUT2D eigenvalue weighted by Crippen LogP contribution is -2.43. The lowest BCUT2D eigenvalue weighted by atomic mass is 10.1. The summed E-state index contributed by atoms with van der Waals surface area (Å²) < 4.78 is 14.0. The molecule has 0 aliphatic heterocycles. The minimum absolute atomic E-state index is 0.206. The first-order valence-electron chi connectivity index (χ1n) is 6.39. The molecule has 0 bridgehead atoms. The van der Waals surface area contributed by atoms with Crippen molar-refractivity contribution in [1.82, 2.24) is 9.78 Å². The topological polar surface area (TPSA) is 110 Å². The van der Waals surface area contributed by atoms with E-state index in [0.29, 0.717) is 11.3 Å². The molecule has 2 aromatic rings. The van der Waals surface area contributed by atoms with Crippen molar-refractivity contribution in [2.75, 3.05) is 5.32 Å². The van der Waals surface area contributed by atoms with E-state index in [1.165, 1.54) is 31.2 Å². The molecule has 0 spiro atoms. The highest BCUT2D eigenvalue weighted by Gasteiger charge is 2.31. The molecule has 22 heavy (non-hydrogen) atoms. The van der Waals surface area contributed by atoms with E-state index in [9.17, 15) is 19.1 Å². The minimum Gasteiger partial charge on any atom is -0.378 e. The molecule has 0 saturated carbocycles. The molecule has 1 heterocycles. The van der Waals surface area contributed by atoms with Gasteiger partial charge < -0.3 is 16.2 Å². The third-order valence-corrected chi connectivity index (χ3v) is 2.99. The molecule has 0 saturated heterocycles. The molecule has 0 aliphatic carbocycles. The van der Waals surface area contributed by atoms with Gasteiger partial charge in [-0.25, -0.2) is 4.39 Å². The third kappa shape index (κ3) is 3.67. The molecule has 0 aliphatic rings. The van der Waals surface area contributed by atoms with Gasteiger partial charge in [-0.3, -0.25) is 14.3 Å². The highest BCUT2D eigenvalue weighted by molar-refractivity contribution is 5.97. The van der Waals surface area contributed by atoms with Gasteiger partial charge in [0.15, 0.2) is 11.4 Å². The third-order valence-electron chi connectivity index (χ3n) is 2.99. The number of hydrogen-bond donors (Lipinski definition) is 3. The second-order valence-electron chi connectivity index (χ2n) is 5.03. The van der Waals surface area contributed by atoms with Crippen LogP contribution < -0.4 is 11.1 Å². The van der Waals surface area contributed by atoms with Crippen molar-refractivity contribution < 1.29 is 19.1 Å². The van der Waals surface area contributed by atoms with E-state index in [1.807, 2.05) is 0 Å².